The summed E-state index contributed by atoms with van der Waals surface area (Å²) in [7, 11) is 3.24. The fraction of sp³-hybridized carbons (Fsp3) is 0.643. The molecule has 14 nitrogen and oxygen atoms in total. The maximum atomic E-state index is 13.2. The van der Waals surface area contributed by atoms with Crippen molar-refractivity contribution in [3.05, 3.63) is 41.7 Å². The molecule has 4 aromatic heterocycles. The summed E-state index contributed by atoms with van der Waals surface area (Å²) in [5.74, 6) is 1.31. The third-order valence-corrected chi connectivity index (χ3v) is 8.74. The minimum atomic E-state index is -0.496. The van der Waals surface area contributed by atoms with Gasteiger partial charge in [-0.05, 0) is 31.6 Å². The lowest BCUT2D eigenvalue weighted by Gasteiger charge is -2.26. The molecule has 2 N–H and O–H groups in total. The zero-order valence-corrected chi connectivity index (χ0v) is 24.7. The molecule has 0 bridgehead atoms. The highest BCUT2D eigenvalue weighted by atomic mass is 16.2. The first-order chi connectivity index (χ1) is 20.2. The number of fused-ring (bicyclic) bond motifs is 2. The van der Waals surface area contributed by atoms with E-state index in [0.717, 1.165) is 77.5 Å². The topological polar surface area (TPSA) is 152 Å². The lowest BCUT2D eigenvalue weighted by molar-refractivity contribution is 0.424. The van der Waals surface area contributed by atoms with E-state index in [0.29, 0.717) is 47.3 Å². The van der Waals surface area contributed by atoms with Crippen LogP contribution in [0.4, 0.5) is 11.9 Å². The van der Waals surface area contributed by atoms with Crippen molar-refractivity contribution in [3.8, 4) is 0 Å². The average molecular weight is 581 g/mol. The first-order valence-electron chi connectivity index (χ1n) is 15.1. The molecule has 2 fully saturated rings. The van der Waals surface area contributed by atoms with Gasteiger partial charge in [0.15, 0.2) is 22.3 Å². The molecule has 0 aromatic carbocycles. The summed E-state index contributed by atoms with van der Waals surface area (Å²) in [4.78, 5) is 70.2. The summed E-state index contributed by atoms with van der Waals surface area (Å²) in [5.41, 5.74) is -0.454. The monoisotopic (exact) mass is 580 g/mol. The molecule has 0 spiro atoms. The van der Waals surface area contributed by atoms with Crippen LogP contribution in [0.5, 0.6) is 0 Å². The van der Waals surface area contributed by atoms with Gasteiger partial charge in [-0.3, -0.25) is 28.7 Å². The molecular formula is C28H40N10O4. The Morgan fingerprint density at radius 1 is 0.619 bits per heavy atom. The number of hydrogen-bond acceptors (Lipinski definition) is 8. The van der Waals surface area contributed by atoms with Crippen molar-refractivity contribution in [2.45, 2.75) is 71.4 Å². The van der Waals surface area contributed by atoms with Crippen LogP contribution in [-0.4, -0.2) is 64.4 Å². The van der Waals surface area contributed by atoms with Crippen LogP contribution in [0.15, 0.2) is 19.2 Å². The summed E-state index contributed by atoms with van der Waals surface area (Å²) in [6, 6.07) is 0. The number of imidazole rings is 2. The molecule has 2 saturated heterocycles. The summed E-state index contributed by atoms with van der Waals surface area (Å²) in [6.07, 6.45) is 8.75. The van der Waals surface area contributed by atoms with Crippen molar-refractivity contribution in [1.29, 1.82) is 0 Å². The maximum Gasteiger partial charge on any atom is 0.329 e. The third kappa shape index (κ3) is 4.96. The predicted molar refractivity (Wildman–Crippen MR) is 162 cm³/mol. The summed E-state index contributed by atoms with van der Waals surface area (Å²) < 4.78 is 6.66. The number of anilines is 2. The van der Waals surface area contributed by atoms with Gasteiger partial charge < -0.3 is 18.9 Å². The molecular weight excluding hydrogens is 540 g/mol. The average Bonchev–Trinajstić information content (AvgIpc) is 3.23. The third-order valence-electron chi connectivity index (χ3n) is 8.74. The van der Waals surface area contributed by atoms with Crippen molar-refractivity contribution in [3.63, 3.8) is 0 Å². The number of hydrogen-bond donors (Lipinski definition) is 2. The molecule has 4 aromatic rings. The first kappa shape index (κ1) is 28.0. The molecule has 226 valence electrons. The van der Waals surface area contributed by atoms with E-state index in [4.69, 9.17) is 9.97 Å². The van der Waals surface area contributed by atoms with Crippen LogP contribution in [0.1, 0.15) is 58.3 Å². The summed E-state index contributed by atoms with van der Waals surface area (Å²) in [5, 5.41) is 0. The second kappa shape index (κ2) is 11.3. The van der Waals surface area contributed by atoms with Crippen molar-refractivity contribution >= 4 is 34.2 Å². The summed E-state index contributed by atoms with van der Waals surface area (Å²) >= 11 is 0. The van der Waals surface area contributed by atoms with E-state index in [1.807, 2.05) is 9.13 Å². The Balaban J connectivity index is 1.44. The molecule has 0 saturated carbocycles. The SMILES string of the molecule is CC(Cn1c(N2CCCCCC2)nc2c1c(=O)[nH]c(=O)n2C)Cn1c(N2CCCCCC2)nc2c1c(=O)[nH]c(=O)n2C. The van der Waals surface area contributed by atoms with Crippen LogP contribution in [0.25, 0.3) is 22.3 Å². The second-order valence-corrected chi connectivity index (χ2v) is 11.9. The molecule has 14 heteroatoms. The highest BCUT2D eigenvalue weighted by Gasteiger charge is 2.26. The number of rotatable bonds is 6. The van der Waals surface area contributed by atoms with Crippen LogP contribution in [0, 0.1) is 5.92 Å². The number of aryl methyl sites for hydroxylation is 2. The smallest absolute Gasteiger partial charge is 0.329 e. The van der Waals surface area contributed by atoms with E-state index in [1.54, 1.807) is 14.1 Å². The predicted octanol–water partition coefficient (Wildman–Crippen LogP) is 1.26. The van der Waals surface area contributed by atoms with Gasteiger partial charge in [0.25, 0.3) is 11.1 Å². The number of H-pyrrole nitrogens is 2. The molecule has 42 heavy (non-hydrogen) atoms. The Kier molecular flexibility index (Phi) is 7.54. The first-order valence-corrected chi connectivity index (χ1v) is 15.1. The van der Waals surface area contributed by atoms with E-state index in [2.05, 4.69) is 26.7 Å². The van der Waals surface area contributed by atoms with Crippen LogP contribution in [0.2, 0.25) is 0 Å². The molecule has 0 amide bonds. The normalized spacial score (nSPS) is 17.0. The molecule has 0 unspecified atom stereocenters. The molecule has 0 aliphatic carbocycles. The Bertz CT molecular complexity index is 1700. The van der Waals surface area contributed by atoms with Gasteiger partial charge >= 0.3 is 11.4 Å². The molecule has 6 heterocycles. The van der Waals surface area contributed by atoms with Gasteiger partial charge in [-0.2, -0.15) is 9.97 Å². The minimum Gasteiger partial charge on any atom is -0.342 e. The zero-order valence-electron chi connectivity index (χ0n) is 24.7. The fourth-order valence-electron chi connectivity index (χ4n) is 6.50. The van der Waals surface area contributed by atoms with Gasteiger partial charge in [-0.15, -0.1) is 0 Å². The minimum absolute atomic E-state index is 0.0653. The summed E-state index contributed by atoms with van der Waals surface area (Å²) in [6.45, 7) is 6.27. The van der Waals surface area contributed by atoms with E-state index < -0.39 is 22.5 Å². The molecule has 2 aliphatic heterocycles. The largest absolute Gasteiger partial charge is 0.342 e. The van der Waals surface area contributed by atoms with Crippen molar-refractivity contribution in [2.75, 3.05) is 36.0 Å². The second-order valence-electron chi connectivity index (χ2n) is 11.9. The number of aromatic nitrogens is 8. The van der Waals surface area contributed by atoms with Gasteiger partial charge in [0.2, 0.25) is 11.9 Å². The van der Waals surface area contributed by atoms with Crippen LogP contribution in [0.3, 0.4) is 0 Å². The van der Waals surface area contributed by atoms with Crippen molar-refractivity contribution in [1.82, 2.24) is 38.2 Å². The quantitative estimate of drug-likeness (QED) is 0.346. The van der Waals surface area contributed by atoms with E-state index >= 15 is 0 Å². The van der Waals surface area contributed by atoms with Crippen LogP contribution < -0.4 is 32.3 Å². The van der Waals surface area contributed by atoms with Gasteiger partial charge in [0.1, 0.15) is 0 Å². The Labute approximate surface area is 241 Å². The standard InChI is InChI=1S/C28H40N10O4/c1-18(16-37-19-21(33(2)27(41)31-23(19)39)29-25(37)35-12-8-4-5-9-13-35)17-38-20-22(34(3)28(42)32-24(20)40)30-26(38)36-14-10-6-7-11-15-36/h18H,4-17H2,1-3H3,(H,31,39,41)(H,32,40,42). The van der Waals surface area contributed by atoms with Gasteiger partial charge in [-0.25, -0.2) is 9.59 Å². The van der Waals surface area contributed by atoms with Crippen LogP contribution in [-0.2, 0) is 27.2 Å². The van der Waals surface area contributed by atoms with Gasteiger partial charge in [0, 0.05) is 53.4 Å². The van der Waals surface area contributed by atoms with E-state index in [9.17, 15) is 19.2 Å². The van der Waals surface area contributed by atoms with E-state index in [1.165, 1.54) is 9.13 Å². The Morgan fingerprint density at radius 3 is 1.33 bits per heavy atom. The fourth-order valence-corrected chi connectivity index (χ4v) is 6.50. The Morgan fingerprint density at radius 2 is 0.976 bits per heavy atom. The molecule has 0 atom stereocenters. The maximum absolute atomic E-state index is 13.2. The van der Waals surface area contributed by atoms with Crippen molar-refractivity contribution in [2.24, 2.45) is 20.0 Å². The van der Waals surface area contributed by atoms with Gasteiger partial charge in [-0.1, -0.05) is 32.6 Å². The van der Waals surface area contributed by atoms with Crippen LogP contribution >= 0.6 is 0 Å². The lowest BCUT2D eigenvalue weighted by atomic mass is 10.1. The number of nitrogens with one attached hydrogen (secondary N) is 2. The van der Waals surface area contributed by atoms with Crippen molar-refractivity contribution < 1.29 is 0 Å². The zero-order chi connectivity index (χ0) is 29.5. The molecule has 2 aliphatic rings. The Hall–Kier alpha value is -4.10. The molecule has 0 radical (unpaired) electrons. The lowest BCUT2D eigenvalue weighted by Crippen LogP contribution is -2.32. The van der Waals surface area contributed by atoms with E-state index in [-0.39, 0.29) is 5.92 Å². The van der Waals surface area contributed by atoms with Gasteiger partial charge in [0.05, 0.1) is 0 Å². The molecule has 6 rings (SSSR count). The number of nitrogens with zero attached hydrogens (tertiary/aromatic N) is 8. The number of aromatic amines is 2. The highest BCUT2D eigenvalue weighted by molar-refractivity contribution is 5.75. The highest BCUT2D eigenvalue weighted by Crippen LogP contribution is 2.27.